The van der Waals surface area contributed by atoms with Crippen molar-refractivity contribution in [2.24, 2.45) is 0 Å². The molecule has 0 saturated carbocycles. The number of aromatic nitrogens is 2. The van der Waals surface area contributed by atoms with Gasteiger partial charge in [-0.2, -0.15) is 5.10 Å². The Morgan fingerprint density at radius 3 is 2.82 bits per heavy atom. The SMILES string of the molecule is Cc1ccc(O)c(-c2[nH]ncc2C(=O)c2cccc(Br)c2)c1. The molecule has 0 atom stereocenters. The third-order valence-electron chi connectivity index (χ3n) is 3.39. The van der Waals surface area contributed by atoms with Crippen LogP contribution in [-0.4, -0.2) is 21.1 Å². The molecule has 0 fully saturated rings. The van der Waals surface area contributed by atoms with Crippen molar-refractivity contribution < 1.29 is 9.90 Å². The van der Waals surface area contributed by atoms with E-state index in [2.05, 4.69) is 26.1 Å². The van der Waals surface area contributed by atoms with E-state index in [0.29, 0.717) is 22.4 Å². The van der Waals surface area contributed by atoms with Crippen LogP contribution in [0.4, 0.5) is 0 Å². The van der Waals surface area contributed by atoms with Gasteiger partial charge < -0.3 is 5.11 Å². The minimum Gasteiger partial charge on any atom is -0.507 e. The molecule has 0 unspecified atom stereocenters. The Labute approximate surface area is 135 Å². The molecule has 1 aromatic heterocycles. The Morgan fingerprint density at radius 2 is 2.05 bits per heavy atom. The molecule has 0 bridgehead atoms. The molecule has 3 aromatic rings. The smallest absolute Gasteiger partial charge is 0.196 e. The number of carbonyl (C=O) groups excluding carboxylic acids is 1. The number of phenolic OH excluding ortho intramolecular Hbond substituents is 1. The standard InChI is InChI=1S/C17H13BrN2O2/c1-10-5-6-15(21)13(7-10)16-14(9-19-20-16)17(22)11-3-2-4-12(18)8-11/h2-9,21H,1H3,(H,19,20). The summed E-state index contributed by atoms with van der Waals surface area (Å²) >= 11 is 3.36. The summed E-state index contributed by atoms with van der Waals surface area (Å²) in [4.78, 5) is 12.7. The molecule has 2 aromatic carbocycles. The molecule has 110 valence electrons. The van der Waals surface area contributed by atoms with Gasteiger partial charge in [-0.05, 0) is 31.2 Å². The summed E-state index contributed by atoms with van der Waals surface area (Å²) in [5, 5.41) is 16.8. The lowest BCUT2D eigenvalue weighted by Gasteiger charge is -2.07. The van der Waals surface area contributed by atoms with Crippen LogP contribution in [0, 0.1) is 6.92 Å². The fraction of sp³-hybridized carbons (Fsp3) is 0.0588. The summed E-state index contributed by atoms with van der Waals surface area (Å²) < 4.78 is 0.835. The highest BCUT2D eigenvalue weighted by atomic mass is 79.9. The van der Waals surface area contributed by atoms with Crippen LogP contribution in [0.15, 0.2) is 53.1 Å². The summed E-state index contributed by atoms with van der Waals surface area (Å²) in [5.74, 6) is -0.0379. The molecule has 0 aliphatic carbocycles. The van der Waals surface area contributed by atoms with Gasteiger partial charge in [0, 0.05) is 15.6 Å². The number of benzene rings is 2. The van der Waals surface area contributed by atoms with E-state index in [4.69, 9.17) is 0 Å². The van der Waals surface area contributed by atoms with Crippen molar-refractivity contribution in [3.8, 4) is 17.0 Å². The highest BCUT2D eigenvalue weighted by Crippen LogP contribution is 2.32. The van der Waals surface area contributed by atoms with Crippen LogP contribution >= 0.6 is 15.9 Å². The highest BCUT2D eigenvalue weighted by Gasteiger charge is 2.19. The number of H-pyrrole nitrogens is 1. The molecule has 0 radical (unpaired) electrons. The van der Waals surface area contributed by atoms with Gasteiger partial charge in [0.05, 0.1) is 17.5 Å². The number of phenols is 1. The van der Waals surface area contributed by atoms with Crippen molar-refractivity contribution >= 4 is 21.7 Å². The summed E-state index contributed by atoms with van der Waals surface area (Å²) in [6.45, 7) is 1.93. The van der Waals surface area contributed by atoms with Gasteiger partial charge in [-0.15, -0.1) is 0 Å². The molecule has 0 aliphatic rings. The summed E-state index contributed by atoms with van der Waals surface area (Å²) in [5.41, 5.74) is 3.06. The van der Waals surface area contributed by atoms with Gasteiger partial charge in [-0.1, -0.05) is 39.7 Å². The average molecular weight is 357 g/mol. The third-order valence-corrected chi connectivity index (χ3v) is 3.89. The summed E-state index contributed by atoms with van der Waals surface area (Å²) in [7, 11) is 0. The first kappa shape index (κ1) is 14.5. The quantitative estimate of drug-likeness (QED) is 0.694. The molecule has 5 heteroatoms. The first-order valence-corrected chi connectivity index (χ1v) is 7.49. The lowest BCUT2D eigenvalue weighted by molar-refractivity contribution is 0.103. The van der Waals surface area contributed by atoms with Crippen molar-refractivity contribution in [3.63, 3.8) is 0 Å². The number of aromatic amines is 1. The minimum atomic E-state index is -0.147. The van der Waals surface area contributed by atoms with Gasteiger partial charge in [-0.25, -0.2) is 0 Å². The number of hydrogen-bond acceptors (Lipinski definition) is 3. The van der Waals surface area contributed by atoms with E-state index in [1.54, 1.807) is 24.3 Å². The van der Waals surface area contributed by atoms with Crippen LogP contribution in [0.25, 0.3) is 11.3 Å². The Morgan fingerprint density at radius 1 is 1.23 bits per heavy atom. The minimum absolute atomic E-state index is 0.109. The van der Waals surface area contributed by atoms with Crippen LogP contribution in [0.1, 0.15) is 21.5 Å². The Bertz CT molecular complexity index is 855. The predicted octanol–water partition coefficient (Wildman–Crippen LogP) is 4.08. The number of rotatable bonds is 3. The number of nitrogens with zero attached hydrogens (tertiary/aromatic N) is 1. The normalized spacial score (nSPS) is 10.6. The lowest BCUT2D eigenvalue weighted by atomic mass is 9.99. The van der Waals surface area contributed by atoms with Gasteiger partial charge in [-0.3, -0.25) is 9.89 Å². The Kier molecular flexibility index (Phi) is 3.81. The second-order valence-corrected chi connectivity index (χ2v) is 5.93. The number of hydrogen-bond donors (Lipinski definition) is 2. The van der Waals surface area contributed by atoms with Crippen LogP contribution < -0.4 is 0 Å². The van der Waals surface area contributed by atoms with Gasteiger partial charge in [0.25, 0.3) is 0 Å². The molecular formula is C17H13BrN2O2. The Hall–Kier alpha value is -2.40. The molecule has 0 spiro atoms. The van der Waals surface area contributed by atoms with Crippen LogP contribution in [0.5, 0.6) is 5.75 Å². The fourth-order valence-electron chi connectivity index (χ4n) is 2.30. The maximum atomic E-state index is 12.7. The lowest BCUT2D eigenvalue weighted by Crippen LogP contribution is -2.02. The number of aryl methyl sites for hydroxylation is 1. The maximum Gasteiger partial charge on any atom is 0.196 e. The predicted molar refractivity (Wildman–Crippen MR) is 88.0 cm³/mol. The highest BCUT2D eigenvalue weighted by molar-refractivity contribution is 9.10. The van der Waals surface area contributed by atoms with Crippen molar-refractivity contribution in [1.82, 2.24) is 10.2 Å². The maximum absolute atomic E-state index is 12.7. The zero-order valence-corrected chi connectivity index (χ0v) is 13.4. The van der Waals surface area contributed by atoms with E-state index < -0.39 is 0 Å². The van der Waals surface area contributed by atoms with Gasteiger partial charge >= 0.3 is 0 Å². The number of nitrogens with one attached hydrogen (secondary N) is 1. The molecule has 3 rings (SSSR count). The monoisotopic (exact) mass is 356 g/mol. The number of carbonyl (C=O) groups is 1. The first-order chi connectivity index (χ1) is 10.6. The van der Waals surface area contributed by atoms with Gasteiger partial charge in [0.2, 0.25) is 0 Å². The molecule has 0 amide bonds. The molecule has 4 nitrogen and oxygen atoms in total. The van der Waals surface area contributed by atoms with E-state index in [1.807, 2.05) is 25.1 Å². The largest absolute Gasteiger partial charge is 0.507 e. The number of aromatic hydroxyl groups is 1. The molecule has 0 saturated heterocycles. The van der Waals surface area contributed by atoms with E-state index in [0.717, 1.165) is 10.0 Å². The number of halogens is 1. The third kappa shape index (κ3) is 2.67. The Balaban J connectivity index is 2.09. The van der Waals surface area contributed by atoms with Gasteiger partial charge in [0.15, 0.2) is 5.78 Å². The van der Waals surface area contributed by atoms with Crippen molar-refractivity contribution in [2.75, 3.05) is 0 Å². The van der Waals surface area contributed by atoms with E-state index in [-0.39, 0.29) is 11.5 Å². The van der Waals surface area contributed by atoms with Crippen LogP contribution in [-0.2, 0) is 0 Å². The molecule has 0 aliphatic heterocycles. The van der Waals surface area contributed by atoms with Crippen LogP contribution in [0.3, 0.4) is 0 Å². The zero-order chi connectivity index (χ0) is 15.7. The summed E-state index contributed by atoms with van der Waals surface area (Å²) in [6, 6.07) is 12.4. The van der Waals surface area contributed by atoms with Crippen molar-refractivity contribution in [2.45, 2.75) is 6.92 Å². The second-order valence-electron chi connectivity index (χ2n) is 5.02. The van der Waals surface area contributed by atoms with Gasteiger partial charge in [0.1, 0.15) is 5.75 Å². The van der Waals surface area contributed by atoms with Crippen LogP contribution in [0.2, 0.25) is 0 Å². The second kappa shape index (κ2) is 5.77. The number of ketones is 1. The molecule has 22 heavy (non-hydrogen) atoms. The fourth-order valence-corrected chi connectivity index (χ4v) is 2.70. The molecule has 2 N–H and O–H groups in total. The summed E-state index contributed by atoms with van der Waals surface area (Å²) in [6.07, 6.45) is 1.49. The van der Waals surface area contributed by atoms with E-state index in [9.17, 15) is 9.90 Å². The topological polar surface area (TPSA) is 66.0 Å². The average Bonchev–Trinajstić information content (AvgIpc) is 2.98. The first-order valence-electron chi connectivity index (χ1n) is 6.70. The molecule has 1 heterocycles. The zero-order valence-electron chi connectivity index (χ0n) is 11.8. The van der Waals surface area contributed by atoms with E-state index in [1.165, 1.54) is 6.20 Å². The molecular weight excluding hydrogens is 344 g/mol. The van der Waals surface area contributed by atoms with Crippen molar-refractivity contribution in [1.29, 1.82) is 0 Å². The van der Waals surface area contributed by atoms with Crippen molar-refractivity contribution in [3.05, 3.63) is 69.8 Å². The van der Waals surface area contributed by atoms with E-state index >= 15 is 0 Å².